The lowest BCUT2D eigenvalue weighted by molar-refractivity contribution is -0.138. The average molecular weight is 270 g/mol. The summed E-state index contributed by atoms with van der Waals surface area (Å²) in [4.78, 5) is 23.4. The van der Waals surface area contributed by atoms with Crippen LogP contribution in [0.5, 0.6) is 0 Å². The Morgan fingerprint density at radius 3 is 2.75 bits per heavy atom. The van der Waals surface area contributed by atoms with E-state index >= 15 is 0 Å². The van der Waals surface area contributed by atoms with Gasteiger partial charge in [0.15, 0.2) is 5.78 Å². The van der Waals surface area contributed by atoms with Gasteiger partial charge in [-0.1, -0.05) is 43.4 Å². The molecule has 0 saturated carbocycles. The number of aliphatic carboxylic acids is 1. The van der Waals surface area contributed by atoms with Crippen LogP contribution < -0.4 is 0 Å². The Labute approximate surface area is 118 Å². The molecule has 0 aliphatic heterocycles. The maximum atomic E-state index is 12.4. The molecule has 0 spiro atoms. The van der Waals surface area contributed by atoms with E-state index in [4.69, 9.17) is 5.11 Å². The van der Waals surface area contributed by atoms with E-state index in [1.54, 1.807) is 31.2 Å². The van der Waals surface area contributed by atoms with Crippen molar-refractivity contribution in [1.29, 1.82) is 0 Å². The Kier molecular flexibility index (Phi) is 4.18. The average Bonchev–Trinajstić information content (AvgIpc) is 2.45. The molecule has 3 nitrogen and oxygen atoms in total. The predicted molar refractivity (Wildman–Crippen MR) is 77.8 cm³/mol. The number of carbonyl (C=O) groups excluding carboxylic acids is 1. The van der Waals surface area contributed by atoms with Crippen LogP contribution in [0.1, 0.15) is 42.1 Å². The molecule has 0 saturated heterocycles. The Bertz CT molecular complexity index is 596. The third-order valence-corrected chi connectivity index (χ3v) is 3.55. The molecular weight excluding hydrogens is 252 g/mol. The Balaban J connectivity index is 2.29. The lowest BCUT2D eigenvalue weighted by Crippen LogP contribution is -2.10. The normalized spacial score (nSPS) is 19.3. The van der Waals surface area contributed by atoms with Gasteiger partial charge in [-0.25, -0.2) is 0 Å². The zero-order chi connectivity index (χ0) is 14.7. The summed E-state index contributed by atoms with van der Waals surface area (Å²) in [6, 6.07) is 6.88. The number of hydrogen-bond acceptors (Lipinski definition) is 2. The van der Waals surface area contributed by atoms with Crippen LogP contribution in [0.4, 0.5) is 0 Å². The van der Waals surface area contributed by atoms with E-state index in [1.807, 2.05) is 18.2 Å². The first-order valence-electron chi connectivity index (χ1n) is 6.75. The summed E-state index contributed by atoms with van der Waals surface area (Å²) >= 11 is 0. The van der Waals surface area contributed by atoms with Gasteiger partial charge in [-0.05, 0) is 30.9 Å². The number of carboxylic acid groups (broad SMARTS) is 1. The summed E-state index contributed by atoms with van der Waals surface area (Å²) in [5.41, 5.74) is 1.88. The fraction of sp³-hybridized carbons (Fsp3) is 0.294. The number of ketones is 1. The van der Waals surface area contributed by atoms with Gasteiger partial charge in [0.05, 0.1) is 5.92 Å². The molecule has 2 rings (SSSR count). The highest BCUT2D eigenvalue weighted by atomic mass is 16.4. The molecule has 2 unspecified atom stereocenters. The molecule has 104 valence electrons. The second kappa shape index (κ2) is 5.87. The van der Waals surface area contributed by atoms with Gasteiger partial charge >= 0.3 is 5.97 Å². The van der Waals surface area contributed by atoms with E-state index in [2.05, 4.69) is 6.92 Å². The van der Waals surface area contributed by atoms with Gasteiger partial charge in [0.2, 0.25) is 0 Å². The number of rotatable bonds is 4. The van der Waals surface area contributed by atoms with Gasteiger partial charge in [-0.2, -0.15) is 0 Å². The molecule has 0 aromatic heterocycles. The Hall–Kier alpha value is -2.16. The minimum absolute atomic E-state index is 0.0489. The lowest BCUT2D eigenvalue weighted by atomic mass is 9.91. The van der Waals surface area contributed by atoms with Crippen LogP contribution in [-0.2, 0) is 4.79 Å². The molecular formula is C17H18O3. The summed E-state index contributed by atoms with van der Waals surface area (Å²) in [7, 11) is 0. The van der Waals surface area contributed by atoms with E-state index in [-0.39, 0.29) is 5.78 Å². The predicted octanol–water partition coefficient (Wildman–Crippen LogP) is 3.58. The third kappa shape index (κ3) is 3.05. The van der Waals surface area contributed by atoms with Crippen molar-refractivity contribution < 1.29 is 14.7 Å². The van der Waals surface area contributed by atoms with Crippen molar-refractivity contribution in [1.82, 2.24) is 0 Å². The van der Waals surface area contributed by atoms with Gasteiger partial charge in [-0.3, -0.25) is 9.59 Å². The molecule has 0 bridgehead atoms. The highest BCUT2D eigenvalue weighted by Crippen LogP contribution is 2.22. The molecule has 1 aromatic carbocycles. The van der Waals surface area contributed by atoms with Gasteiger partial charge in [0.25, 0.3) is 0 Å². The molecule has 0 fully saturated rings. The fourth-order valence-electron chi connectivity index (χ4n) is 2.25. The van der Waals surface area contributed by atoms with E-state index in [0.29, 0.717) is 22.6 Å². The van der Waals surface area contributed by atoms with Gasteiger partial charge in [-0.15, -0.1) is 0 Å². The van der Waals surface area contributed by atoms with E-state index < -0.39 is 11.9 Å². The second-order valence-corrected chi connectivity index (χ2v) is 5.25. The minimum Gasteiger partial charge on any atom is -0.481 e. The molecule has 0 heterocycles. The number of allylic oxidation sites excluding steroid dienone is 4. The molecule has 1 aromatic rings. The molecule has 0 radical (unpaired) electrons. The van der Waals surface area contributed by atoms with Crippen LogP contribution in [-0.4, -0.2) is 16.9 Å². The van der Waals surface area contributed by atoms with E-state index in [0.717, 1.165) is 6.42 Å². The lowest BCUT2D eigenvalue weighted by Gasteiger charge is -2.12. The zero-order valence-corrected chi connectivity index (χ0v) is 11.7. The molecule has 1 aliphatic carbocycles. The molecule has 20 heavy (non-hydrogen) atoms. The first-order valence-corrected chi connectivity index (χ1v) is 6.75. The summed E-state index contributed by atoms with van der Waals surface area (Å²) < 4.78 is 0. The monoisotopic (exact) mass is 270 g/mol. The number of Topliss-reactive ketones (excluding diaryl/α,β-unsaturated/α-hetero) is 1. The van der Waals surface area contributed by atoms with Crippen molar-refractivity contribution >= 4 is 11.8 Å². The zero-order valence-electron chi connectivity index (χ0n) is 11.7. The third-order valence-electron chi connectivity index (χ3n) is 3.55. The van der Waals surface area contributed by atoms with Crippen LogP contribution in [0.3, 0.4) is 0 Å². The van der Waals surface area contributed by atoms with Crippen molar-refractivity contribution in [3.05, 3.63) is 59.2 Å². The quantitative estimate of drug-likeness (QED) is 0.851. The van der Waals surface area contributed by atoms with Crippen LogP contribution in [0, 0.1) is 5.92 Å². The number of carbonyl (C=O) groups is 2. The number of benzene rings is 1. The summed E-state index contributed by atoms with van der Waals surface area (Å²) in [5, 5.41) is 9.04. The highest BCUT2D eigenvalue weighted by Gasteiger charge is 2.17. The highest BCUT2D eigenvalue weighted by molar-refractivity contribution is 6.10. The number of carboxylic acids is 1. The summed E-state index contributed by atoms with van der Waals surface area (Å²) in [5.74, 6) is -1.19. The van der Waals surface area contributed by atoms with Gasteiger partial charge < -0.3 is 5.11 Å². The molecule has 1 aliphatic rings. The second-order valence-electron chi connectivity index (χ2n) is 5.25. The Morgan fingerprint density at radius 1 is 1.35 bits per heavy atom. The fourth-order valence-corrected chi connectivity index (χ4v) is 2.25. The standard InChI is InChI=1S/C17H18O3/c1-11-5-3-7-14(9-11)16(18)15-8-4-6-13(10-15)12(2)17(19)20/h3-4,6-12H,5H2,1-2H3,(H,19,20). The van der Waals surface area contributed by atoms with Crippen molar-refractivity contribution in [2.75, 3.05) is 0 Å². The smallest absolute Gasteiger partial charge is 0.310 e. The van der Waals surface area contributed by atoms with Crippen LogP contribution in [0.2, 0.25) is 0 Å². The van der Waals surface area contributed by atoms with Gasteiger partial charge in [0.1, 0.15) is 0 Å². The molecule has 0 amide bonds. The van der Waals surface area contributed by atoms with Crippen LogP contribution in [0.25, 0.3) is 0 Å². The van der Waals surface area contributed by atoms with Crippen molar-refractivity contribution in [2.24, 2.45) is 5.92 Å². The van der Waals surface area contributed by atoms with Gasteiger partial charge in [0, 0.05) is 11.1 Å². The topological polar surface area (TPSA) is 54.4 Å². The van der Waals surface area contributed by atoms with Crippen LogP contribution in [0.15, 0.2) is 48.1 Å². The number of hydrogen-bond donors (Lipinski definition) is 1. The SMILES string of the molecule is CC1C=C(C(=O)c2cccc(C(C)C(=O)O)c2)C=CC1. The first kappa shape index (κ1) is 14.3. The maximum Gasteiger partial charge on any atom is 0.310 e. The maximum absolute atomic E-state index is 12.4. The van der Waals surface area contributed by atoms with E-state index in [1.165, 1.54) is 0 Å². The van der Waals surface area contributed by atoms with Crippen molar-refractivity contribution in [3.8, 4) is 0 Å². The minimum atomic E-state index is -0.889. The van der Waals surface area contributed by atoms with Crippen molar-refractivity contribution in [3.63, 3.8) is 0 Å². The van der Waals surface area contributed by atoms with Crippen molar-refractivity contribution in [2.45, 2.75) is 26.2 Å². The molecule has 1 N–H and O–H groups in total. The van der Waals surface area contributed by atoms with Crippen LogP contribution >= 0.6 is 0 Å². The largest absolute Gasteiger partial charge is 0.481 e. The molecule has 3 heteroatoms. The first-order chi connectivity index (χ1) is 9.49. The summed E-state index contributed by atoms with van der Waals surface area (Å²) in [6.07, 6.45) is 6.76. The Morgan fingerprint density at radius 2 is 2.10 bits per heavy atom. The molecule has 2 atom stereocenters. The van der Waals surface area contributed by atoms with E-state index in [9.17, 15) is 9.59 Å². The summed E-state index contributed by atoms with van der Waals surface area (Å²) in [6.45, 7) is 3.69.